The largest absolute Gasteiger partial charge is 0.490 e. The lowest BCUT2D eigenvalue weighted by molar-refractivity contribution is 0.191. The van der Waals surface area contributed by atoms with Crippen molar-refractivity contribution in [2.45, 2.75) is 33.1 Å². The highest BCUT2D eigenvalue weighted by atomic mass is 35.5. The Labute approximate surface area is 152 Å². The second-order valence-electron chi connectivity index (χ2n) is 5.72. The summed E-state index contributed by atoms with van der Waals surface area (Å²) in [6.45, 7) is 5.51. The Morgan fingerprint density at radius 3 is 2.64 bits per heavy atom. The van der Waals surface area contributed by atoms with Crippen LogP contribution in [0.4, 0.5) is 4.39 Å². The van der Waals surface area contributed by atoms with Crippen LogP contribution in [0, 0.1) is 5.82 Å². The van der Waals surface area contributed by atoms with E-state index < -0.39 is 6.10 Å². The average Bonchev–Trinajstić information content (AvgIpc) is 2.55. The molecule has 0 saturated heterocycles. The molecule has 0 saturated carbocycles. The van der Waals surface area contributed by atoms with Gasteiger partial charge in [0.25, 0.3) is 0 Å². The van der Waals surface area contributed by atoms with E-state index in [1.54, 1.807) is 13.0 Å². The van der Waals surface area contributed by atoms with Gasteiger partial charge < -0.3 is 19.9 Å². The van der Waals surface area contributed by atoms with Gasteiger partial charge in [-0.1, -0.05) is 23.7 Å². The highest BCUT2D eigenvalue weighted by Crippen LogP contribution is 2.30. The maximum absolute atomic E-state index is 13.1. The van der Waals surface area contributed by atoms with Crippen molar-refractivity contribution in [2.24, 2.45) is 0 Å². The molecule has 2 aromatic carbocycles. The number of ether oxygens (including phenoxy) is 2. The Balaban J connectivity index is 2.05. The molecular weight excluding hydrogens is 345 g/mol. The summed E-state index contributed by atoms with van der Waals surface area (Å²) in [5, 5.41) is 12.8. The van der Waals surface area contributed by atoms with Gasteiger partial charge in [0.05, 0.1) is 17.7 Å². The van der Waals surface area contributed by atoms with Crippen molar-refractivity contribution in [3.8, 4) is 11.5 Å². The second-order valence-corrected chi connectivity index (χ2v) is 6.13. The lowest BCUT2D eigenvalue weighted by Gasteiger charge is -2.14. The van der Waals surface area contributed by atoms with Crippen LogP contribution in [-0.2, 0) is 13.2 Å². The molecule has 0 aliphatic heterocycles. The molecule has 6 heteroatoms. The SMILES string of the molecule is CCOc1cc(CNCC(C)O)ccc1OCc1ccc(F)cc1Cl. The third kappa shape index (κ3) is 6.20. The molecule has 1 unspecified atom stereocenters. The Morgan fingerprint density at radius 1 is 1.16 bits per heavy atom. The molecule has 136 valence electrons. The summed E-state index contributed by atoms with van der Waals surface area (Å²) in [5.41, 5.74) is 1.73. The summed E-state index contributed by atoms with van der Waals surface area (Å²) in [5.74, 6) is 0.858. The molecule has 0 radical (unpaired) electrons. The minimum absolute atomic E-state index is 0.221. The molecule has 2 N–H and O–H groups in total. The van der Waals surface area contributed by atoms with E-state index in [4.69, 9.17) is 21.1 Å². The number of aliphatic hydroxyl groups excluding tert-OH is 1. The zero-order chi connectivity index (χ0) is 18.2. The molecule has 0 aliphatic rings. The lowest BCUT2D eigenvalue weighted by atomic mass is 10.2. The third-order valence-corrected chi connectivity index (χ3v) is 3.83. The van der Waals surface area contributed by atoms with E-state index in [1.807, 2.05) is 25.1 Å². The van der Waals surface area contributed by atoms with Crippen LogP contribution >= 0.6 is 11.6 Å². The first-order valence-corrected chi connectivity index (χ1v) is 8.58. The number of halogens is 2. The first-order chi connectivity index (χ1) is 12.0. The summed E-state index contributed by atoms with van der Waals surface area (Å²) >= 11 is 6.02. The summed E-state index contributed by atoms with van der Waals surface area (Å²) < 4.78 is 24.6. The molecule has 0 aliphatic carbocycles. The summed E-state index contributed by atoms with van der Waals surface area (Å²) in [7, 11) is 0. The fourth-order valence-electron chi connectivity index (χ4n) is 2.27. The lowest BCUT2D eigenvalue weighted by Crippen LogP contribution is -2.23. The fraction of sp³-hybridized carbons (Fsp3) is 0.368. The topological polar surface area (TPSA) is 50.7 Å². The van der Waals surface area contributed by atoms with Crippen molar-refractivity contribution < 1.29 is 19.0 Å². The van der Waals surface area contributed by atoms with Crippen LogP contribution in [0.25, 0.3) is 0 Å². The summed E-state index contributed by atoms with van der Waals surface area (Å²) in [4.78, 5) is 0. The molecule has 2 aromatic rings. The van der Waals surface area contributed by atoms with Crippen molar-refractivity contribution in [3.05, 3.63) is 58.4 Å². The number of nitrogens with one attached hydrogen (secondary N) is 1. The highest BCUT2D eigenvalue weighted by molar-refractivity contribution is 6.31. The monoisotopic (exact) mass is 367 g/mol. The smallest absolute Gasteiger partial charge is 0.161 e. The Hall–Kier alpha value is -1.82. The number of aliphatic hydroxyl groups is 1. The summed E-state index contributed by atoms with van der Waals surface area (Å²) in [6.07, 6.45) is -0.394. The van der Waals surface area contributed by atoms with Gasteiger partial charge in [0, 0.05) is 18.7 Å². The molecule has 1 atom stereocenters. The van der Waals surface area contributed by atoms with Crippen LogP contribution in [0.2, 0.25) is 5.02 Å². The molecule has 4 nitrogen and oxygen atoms in total. The zero-order valence-electron chi connectivity index (χ0n) is 14.4. The van der Waals surface area contributed by atoms with Gasteiger partial charge in [-0.25, -0.2) is 4.39 Å². The van der Waals surface area contributed by atoms with Crippen LogP contribution < -0.4 is 14.8 Å². The normalized spacial score (nSPS) is 12.0. The standard InChI is InChI=1S/C19H23ClFNO3/c1-3-24-19-8-14(11-22-10-13(2)23)4-7-18(19)25-12-15-5-6-16(21)9-17(15)20/h4-9,13,22-23H,3,10-12H2,1-2H3. The van der Waals surface area contributed by atoms with Crippen molar-refractivity contribution >= 4 is 11.6 Å². The van der Waals surface area contributed by atoms with Gasteiger partial charge in [0.2, 0.25) is 0 Å². The minimum atomic E-state index is -0.394. The van der Waals surface area contributed by atoms with Crippen molar-refractivity contribution in [2.75, 3.05) is 13.2 Å². The van der Waals surface area contributed by atoms with E-state index in [-0.39, 0.29) is 12.4 Å². The number of rotatable bonds is 9. The Bertz CT molecular complexity index is 694. The van der Waals surface area contributed by atoms with Gasteiger partial charge >= 0.3 is 0 Å². The van der Waals surface area contributed by atoms with Crippen molar-refractivity contribution in [1.82, 2.24) is 5.32 Å². The molecule has 0 aromatic heterocycles. The van der Waals surface area contributed by atoms with E-state index >= 15 is 0 Å². The van der Waals surface area contributed by atoms with E-state index in [0.717, 1.165) is 5.56 Å². The first kappa shape index (κ1) is 19.5. The fourth-order valence-corrected chi connectivity index (χ4v) is 2.49. The molecule has 0 heterocycles. The predicted octanol–water partition coefficient (Wildman–Crippen LogP) is 3.93. The minimum Gasteiger partial charge on any atom is -0.490 e. The number of hydrogen-bond donors (Lipinski definition) is 2. The molecule has 2 rings (SSSR count). The van der Waals surface area contributed by atoms with Gasteiger partial charge in [0.1, 0.15) is 12.4 Å². The Kier molecular flexibility index (Phi) is 7.50. The molecular formula is C19H23ClFNO3. The highest BCUT2D eigenvalue weighted by Gasteiger charge is 2.09. The molecule has 25 heavy (non-hydrogen) atoms. The Morgan fingerprint density at radius 2 is 1.96 bits per heavy atom. The van der Waals surface area contributed by atoms with Crippen molar-refractivity contribution in [3.63, 3.8) is 0 Å². The van der Waals surface area contributed by atoms with Gasteiger partial charge in [-0.05, 0) is 43.7 Å². The molecule has 0 amide bonds. The molecule has 0 bridgehead atoms. The van der Waals surface area contributed by atoms with E-state index in [9.17, 15) is 9.50 Å². The van der Waals surface area contributed by atoms with Gasteiger partial charge in [-0.3, -0.25) is 0 Å². The quantitative estimate of drug-likeness (QED) is 0.705. The van der Waals surface area contributed by atoms with Gasteiger partial charge in [-0.2, -0.15) is 0 Å². The summed E-state index contributed by atoms with van der Waals surface area (Å²) in [6, 6.07) is 9.89. The van der Waals surface area contributed by atoms with Crippen LogP contribution in [0.1, 0.15) is 25.0 Å². The van der Waals surface area contributed by atoms with E-state index in [0.29, 0.717) is 41.8 Å². The van der Waals surface area contributed by atoms with Crippen LogP contribution in [0.5, 0.6) is 11.5 Å². The average molecular weight is 368 g/mol. The third-order valence-electron chi connectivity index (χ3n) is 3.48. The van der Waals surface area contributed by atoms with Gasteiger partial charge in [-0.15, -0.1) is 0 Å². The first-order valence-electron chi connectivity index (χ1n) is 8.20. The van der Waals surface area contributed by atoms with Gasteiger partial charge in [0.15, 0.2) is 11.5 Å². The molecule has 0 fully saturated rings. The number of benzene rings is 2. The van der Waals surface area contributed by atoms with Crippen LogP contribution in [-0.4, -0.2) is 24.4 Å². The van der Waals surface area contributed by atoms with Crippen LogP contribution in [0.3, 0.4) is 0 Å². The van der Waals surface area contributed by atoms with E-state index in [1.165, 1.54) is 12.1 Å². The maximum Gasteiger partial charge on any atom is 0.161 e. The molecule has 0 spiro atoms. The second kappa shape index (κ2) is 9.61. The predicted molar refractivity (Wildman–Crippen MR) is 96.7 cm³/mol. The van der Waals surface area contributed by atoms with E-state index in [2.05, 4.69) is 5.32 Å². The zero-order valence-corrected chi connectivity index (χ0v) is 15.1. The number of hydrogen-bond acceptors (Lipinski definition) is 4. The van der Waals surface area contributed by atoms with Crippen molar-refractivity contribution in [1.29, 1.82) is 0 Å². The maximum atomic E-state index is 13.1. The van der Waals surface area contributed by atoms with Crippen LogP contribution in [0.15, 0.2) is 36.4 Å².